The van der Waals surface area contributed by atoms with E-state index in [-0.39, 0.29) is 51.4 Å². The molecule has 0 aliphatic heterocycles. The predicted molar refractivity (Wildman–Crippen MR) is 22.4 cm³/mol. The van der Waals surface area contributed by atoms with Crippen LogP contribution in [0.15, 0.2) is 0 Å². The average molecular weight is 175 g/mol. The molecule has 0 fully saturated rings. The maximum atomic E-state index is 9.54. The summed E-state index contributed by atoms with van der Waals surface area (Å²) in [7, 11) is 0. The maximum absolute atomic E-state index is 9.54. The van der Waals surface area contributed by atoms with Gasteiger partial charge in [0.2, 0.25) is 0 Å². The molecule has 0 aromatic rings. The van der Waals surface area contributed by atoms with Crippen LogP contribution < -0.4 is 61.8 Å². The number of carboxylic acid groups (broad SMARTS) is 1. The molecule has 4 N–H and O–H groups in total. The van der Waals surface area contributed by atoms with Crippen molar-refractivity contribution in [3.8, 4) is 0 Å². The van der Waals surface area contributed by atoms with Crippen LogP contribution in [0.3, 0.4) is 0 Å². The molecule has 0 saturated carbocycles. The van der Waals surface area contributed by atoms with Gasteiger partial charge >= 0.3 is 57.5 Å². The summed E-state index contributed by atoms with van der Waals surface area (Å²) in [5, 5.41) is 34.9. The molecule has 10 heavy (non-hydrogen) atoms. The third-order valence-corrected chi connectivity index (χ3v) is 0.470. The summed E-state index contributed by atoms with van der Waals surface area (Å²) in [6, 6.07) is 0. The van der Waals surface area contributed by atoms with Gasteiger partial charge < -0.3 is 25.2 Å². The molecule has 0 atom stereocenters. The van der Waals surface area contributed by atoms with Gasteiger partial charge in [0.05, 0.1) is 5.97 Å². The van der Waals surface area contributed by atoms with E-state index in [1.807, 2.05) is 0 Å². The van der Waals surface area contributed by atoms with Gasteiger partial charge in [0.15, 0.2) is 0 Å². The van der Waals surface area contributed by atoms with Crippen LogP contribution in [0.5, 0.6) is 0 Å². The number of hydrogen-bond acceptors (Lipinski definition) is 6. The minimum absolute atomic E-state index is 0. The minimum atomic E-state index is -3.14. The summed E-state index contributed by atoms with van der Waals surface area (Å²) in [4.78, 5) is 9.54. The summed E-state index contributed by atoms with van der Waals surface area (Å²) in [6.45, 7) is -0.830. The molecule has 0 amide bonds. The van der Waals surface area contributed by atoms with Gasteiger partial charge in [-0.1, -0.05) is 0 Å². The predicted octanol–water partition coefficient (Wildman–Crippen LogP) is -7.08. The number of aliphatic hydroxyl groups is 3. The fourth-order valence-corrected chi connectivity index (χ4v) is 0.191. The van der Waals surface area contributed by atoms with E-state index in [9.17, 15) is 9.90 Å². The molecular formula is C3H6KNO5. The third kappa shape index (κ3) is 11.7. The first-order chi connectivity index (χ1) is 3.92. The van der Waals surface area contributed by atoms with E-state index >= 15 is 0 Å². The quantitative estimate of drug-likeness (QED) is 0.250. The third-order valence-electron chi connectivity index (χ3n) is 0.470. The second-order valence-corrected chi connectivity index (χ2v) is 1.36. The number of nitrogens with one attached hydrogen (secondary N) is 1. The van der Waals surface area contributed by atoms with Gasteiger partial charge in [0, 0.05) is 6.54 Å². The standard InChI is InChI=1S/C3H7NO5.K/c5-2(6)1-4-3(7,8)9;/h4,7-9H,1H2,(H,5,6);/q;+1/p-1. The van der Waals surface area contributed by atoms with Crippen LogP contribution in [0.1, 0.15) is 0 Å². The number of carbonyl (C=O) groups is 1. The van der Waals surface area contributed by atoms with E-state index in [1.165, 1.54) is 5.32 Å². The molecule has 0 aromatic carbocycles. The Bertz CT molecular complexity index is 110. The zero-order valence-electron chi connectivity index (χ0n) is 5.37. The molecule has 0 unspecified atom stereocenters. The average Bonchev–Trinajstić information content (AvgIpc) is 1.59. The number of carbonyl (C=O) groups excluding carboxylic acids is 1. The van der Waals surface area contributed by atoms with Crippen LogP contribution in [0.25, 0.3) is 0 Å². The van der Waals surface area contributed by atoms with Crippen molar-refractivity contribution >= 4 is 5.97 Å². The van der Waals surface area contributed by atoms with Crippen LogP contribution in [0.2, 0.25) is 0 Å². The molecule has 54 valence electrons. The minimum Gasteiger partial charge on any atom is -0.549 e. The van der Waals surface area contributed by atoms with E-state index in [1.54, 1.807) is 0 Å². The van der Waals surface area contributed by atoms with Crippen LogP contribution in [-0.4, -0.2) is 33.9 Å². The van der Waals surface area contributed by atoms with Gasteiger partial charge in [-0.3, -0.25) is 0 Å². The number of hydrogen-bond donors (Lipinski definition) is 4. The summed E-state index contributed by atoms with van der Waals surface area (Å²) < 4.78 is 0. The molecule has 0 rings (SSSR count). The molecule has 0 spiro atoms. The Balaban J connectivity index is 0. The Kier molecular flexibility index (Phi) is 7.55. The molecule has 0 aliphatic carbocycles. The van der Waals surface area contributed by atoms with Gasteiger partial charge in [-0.2, -0.15) is 0 Å². The summed E-state index contributed by atoms with van der Waals surface area (Å²) in [6.07, 6.45) is -3.14. The van der Waals surface area contributed by atoms with E-state index in [0.29, 0.717) is 0 Å². The van der Waals surface area contributed by atoms with Gasteiger partial charge in [0.1, 0.15) is 0 Å². The molecule has 0 bridgehead atoms. The van der Waals surface area contributed by atoms with Crippen molar-refractivity contribution in [2.45, 2.75) is 6.10 Å². The van der Waals surface area contributed by atoms with Crippen LogP contribution in [0.4, 0.5) is 0 Å². The van der Waals surface area contributed by atoms with Crippen molar-refractivity contribution in [1.29, 1.82) is 0 Å². The zero-order valence-corrected chi connectivity index (χ0v) is 8.49. The van der Waals surface area contributed by atoms with E-state index < -0.39 is 18.6 Å². The second kappa shape index (κ2) is 5.58. The first kappa shape index (κ1) is 13.5. The van der Waals surface area contributed by atoms with Gasteiger partial charge in [-0.15, -0.1) is 0 Å². The van der Waals surface area contributed by atoms with Gasteiger partial charge in [0.25, 0.3) is 0 Å². The smallest absolute Gasteiger partial charge is 0.549 e. The summed E-state index contributed by atoms with van der Waals surface area (Å²) in [5.74, 6) is -1.54. The molecule has 0 aliphatic rings. The monoisotopic (exact) mass is 175 g/mol. The molecule has 0 saturated heterocycles. The van der Waals surface area contributed by atoms with E-state index in [4.69, 9.17) is 15.3 Å². The summed E-state index contributed by atoms with van der Waals surface area (Å²) >= 11 is 0. The first-order valence-corrected chi connectivity index (χ1v) is 2.04. The van der Waals surface area contributed by atoms with Crippen molar-refractivity contribution < 1.29 is 76.6 Å². The molecule has 0 heterocycles. The van der Waals surface area contributed by atoms with Crippen molar-refractivity contribution in [2.24, 2.45) is 0 Å². The largest absolute Gasteiger partial charge is 1.00 e. The fourth-order valence-electron chi connectivity index (χ4n) is 0.191. The van der Waals surface area contributed by atoms with Crippen LogP contribution in [0, 0.1) is 0 Å². The zero-order chi connectivity index (χ0) is 7.49. The number of aliphatic carboxylic acids is 1. The first-order valence-electron chi connectivity index (χ1n) is 2.04. The normalized spacial score (nSPS) is 10.3. The molecular weight excluding hydrogens is 169 g/mol. The van der Waals surface area contributed by atoms with Crippen LogP contribution >= 0.6 is 0 Å². The Labute approximate surface area is 99.3 Å². The Morgan fingerprint density at radius 3 is 2.00 bits per heavy atom. The van der Waals surface area contributed by atoms with Gasteiger partial charge in [-0.05, 0) is 0 Å². The fraction of sp³-hybridized carbons (Fsp3) is 0.667. The summed E-state index contributed by atoms with van der Waals surface area (Å²) in [5.41, 5.74) is 0. The second-order valence-electron chi connectivity index (χ2n) is 1.36. The van der Waals surface area contributed by atoms with Crippen LogP contribution in [-0.2, 0) is 4.79 Å². The topological polar surface area (TPSA) is 113 Å². The van der Waals surface area contributed by atoms with Crippen molar-refractivity contribution in [3.05, 3.63) is 0 Å². The molecule has 7 heteroatoms. The molecule has 0 aromatic heterocycles. The Morgan fingerprint density at radius 1 is 1.50 bits per heavy atom. The molecule has 6 nitrogen and oxygen atoms in total. The Hall–Kier alpha value is 0.946. The number of rotatable bonds is 3. The Morgan fingerprint density at radius 2 is 1.90 bits per heavy atom. The van der Waals surface area contributed by atoms with Crippen molar-refractivity contribution in [2.75, 3.05) is 6.54 Å². The van der Waals surface area contributed by atoms with E-state index in [0.717, 1.165) is 0 Å². The van der Waals surface area contributed by atoms with Gasteiger partial charge in [-0.25, -0.2) is 5.32 Å². The SMILES string of the molecule is O=C([O-])CNC(O)(O)O.[K+]. The van der Waals surface area contributed by atoms with Crippen molar-refractivity contribution in [3.63, 3.8) is 0 Å². The van der Waals surface area contributed by atoms with E-state index in [2.05, 4.69) is 0 Å². The molecule has 0 radical (unpaired) electrons. The van der Waals surface area contributed by atoms with Crippen molar-refractivity contribution in [1.82, 2.24) is 5.32 Å². The number of carboxylic acids is 1. The maximum Gasteiger partial charge on any atom is 1.00 e.